The van der Waals surface area contributed by atoms with Crippen LogP contribution in [0, 0.1) is 6.92 Å². The number of hydrogen-bond donors (Lipinski definition) is 0. The lowest BCUT2D eigenvalue weighted by Gasteiger charge is -2.35. The monoisotopic (exact) mass is 451 g/mol. The number of carbonyl (C=O) groups is 2. The molecule has 0 aliphatic carbocycles. The summed E-state index contributed by atoms with van der Waals surface area (Å²) in [7, 11) is 0. The molecule has 1 aromatic carbocycles. The van der Waals surface area contributed by atoms with E-state index in [0.717, 1.165) is 65.5 Å². The number of likely N-dealkylation sites (tertiary alicyclic amines) is 1. The summed E-state index contributed by atoms with van der Waals surface area (Å²) in [4.78, 5) is 33.6. The summed E-state index contributed by atoms with van der Waals surface area (Å²) in [5, 5.41) is 5.70. The molecule has 8 heteroatoms. The highest BCUT2D eigenvalue weighted by molar-refractivity contribution is 7.20. The van der Waals surface area contributed by atoms with Gasteiger partial charge >= 0.3 is 0 Å². The number of nitrogens with zero attached hydrogens (tertiary/aromatic N) is 5. The Morgan fingerprint density at radius 3 is 2.38 bits per heavy atom. The number of amides is 2. The zero-order chi connectivity index (χ0) is 22.1. The van der Waals surface area contributed by atoms with Crippen LogP contribution in [0.3, 0.4) is 0 Å². The molecule has 2 fully saturated rings. The second kappa shape index (κ2) is 9.03. The first-order valence-electron chi connectivity index (χ1n) is 11.4. The maximum atomic E-state index is 13.2. The summed E-state index contributed by atoms with van der Waals surface area (Å²) < 4.78 is 1.93. The first-order valence-corrected chi connectivity index (χ1v) is 12.3. The third-order valence-electron chi connectivity index (χ3n) is 6.48. The highest BCUT2D eigenvalue weighted by atomic mass is 32.1. The molecule has 32 heavy (non-hydrogen) atoms. The van der Waals surface area contributed by atoms with Gasteiger partial charge in [0.05, 0.1) is 22.8 Å². The number of benzene rings is 1. The summed E-state index contributed by atoms with van der Waals surface area (Å²) in [5.41, 5.74) is 1.93. The van der Waals surface area contributed by atoms with Crippen LogP contribution in [0.15, 0.2) is 36.4 Å². The van der Waals surface area contributed by atoms with Crippen molar-refractivity contribution >= 4 is 33.4 Å². The average molecular weight is 452 g/mol. The van der Waals surface area contributed by atoms with Gasteiger partial charge in [-0.1, -0.05) is 18.2 Å². The second-order valence-corrected chi connectivity index (χ2v) is 9.70. The molecule has 0 radical (unpaired) electrons. The Bertz CT molecular complexity index is 1110. The largest absolute Gasteiger partial charge is 0.342 e. The molecular formula is C24H29N5O2S. The predicted molar refractivity (Wildman–Crippen MR) is 126 cm³/mol. The zero-order valence-corrected chi connectivity index (χ0v) is 19.3. The van der Waals surface area contributed by atoms with Gasteiger partial charge in [-0.15, -0.1) is 11.3 Å². The molecule has 7 nitrogen and oxygen atoms in total. The number of fused-ring (bicyclic) bond motifs is 1. The highest BCUT2D eigenvalue weighted by Crippen LogP contribution is 2.31. The van der Waals surface area contributed by atoms with E-state index in [4.69, 9.17) is 0 Å². The lowest BCUT2D eigenvalue weighted by atomic mass is 10.1. The molecule has 168 valence electrons. The highest BCUT2D eigenvalue weighted by Gasteiger charge is 2.27. The normalized spacial score (nSPS) is 17.8. The second-order valence-electron chi connectivity index (χ2n) is 8.67. The van der Waals surface area contributed by atoms with Crippen molar-refractivity contribution < 1.29 is 9.59 Å². The number of carbonyl (C=O) groups excluding carboxylic acids is 2. The van der Waals surface area contributed by atoms with Gasteiger partial charge in [0.2, 0.25) is 5.91 Å². The standard InChI is InChI=1S/C24H29N5O2S/c1-18-20-16-21(32-24(20)29(25-18)19-8-4-2-5-9-19)23(31)28-14-12-26(13-15-28)17-22(30)27-10-6-3-7-11-27/h2,4-5,8-9,16H,3,6-7,10-15,17H2,1H3. The third kappa shape index (κ3) is 4.17. The number of piperidine rings is 1. The predicted octanol–water partition coefficient (Wildman–Crippen LogP) is 3.17. The molecule has 5 rings (SSSR count). The van der Waals surface area contributed by atoms with Gasteiger partial charge in [0.1, 0.15) is 4.83 Å². The fourth-order valence-electron chi connectivity index (χ4n) is 4.60. The van der Waals surface area contributed by atoms with Crippen LogP contribution in [0.1, 0.15) is 34.6 Å². The van der Waals surface area contributed by atoms with Gasteiger partial charge in [-0.25, -0.2) is 4.68 Å². The van der Waals surface area contributed by atoms with Crippen molar-refractivity contribution in [1.29, 1.82) is 0 Å². The van der Waals surface area contributed by atoms with Crippen molar-refractivity contribution in [1.82, 2.24) is 24.5 Å². The number of aromatic nitrogens is 2. The Hall–Kier alpha value is -2.71. The molecule has 2 amide bonds. The zero-order valence-electron chi connectivity index (χ0n) is 18.5. The Kier molecular flexibility index (Phi) is 5.97. The van der Waals surface area contributed by atoms with E-state index in [-0.39, 0.29) is 11.8 Å². The molecule has 2 aliphatic rings. The minimum absolute atomic E-state index is 0.0761. The van der Waals surface area contributed by atoms with E-state index in [1.54, 1.807) is 0 Å². The quantitative estimate of drug-likeness (QED) is 0.611. The minimum atomic E-state index is 0.0761. The van der Waals surface area contributed by atoms with E-state index < -0.39 is 0 Å². The number of piperazine rings is 1. The van der Waals surface area contributed by atoms with Crippen LogP contribution in [0.25, 0.3) is 15.9 Å². The Morgan fingerprint density at radius 2 is 1.66 bits per heavy atom. The Morgan fingerprint density at radius 1 is 0.938 bits per heavy atom. The van der Waals surface area contributed by atoms with Gasteiger partial charge < -0.3 is 9.80 Å². The molecule has 0 unspecified atom stereocenters. The summed E-state index contributed by atoms with van der Waals surface area (Å²) in [5.74, 6) is 0.308. The van der Waals surface area contributed by atoms with Crippen LogP contribution in [-0.2, 0) is 4.79 Å². The van der Waals surface area contributed by atoms with Gasteiger partial charge in [0, 0.05) is 44.7 Å². The van der Waals surface area contributed by atoms with Crippen LogP contribution in [0.5, 0.6) is 0 Å². The van der Waals surface area contributed by atoms with Crippen molar-refractivity contribution in [2.45, 2.75) is 26.2 Å². The van der Waals surface area contributed by atoms with E-state index in [2.05, 4.69) is 10.00 Å². The molecule has 0 spiro atoms. The fourth-order valence-corrected chi connectivity index (χ4v) is 5.75. The molecule has 0 saturated carbocycles. The first-order chi connectivity index (χ1) is 15.6. The van der Waals surface area contributed by atoms with Gasteiger partial charge in [-0.05, 0) is 44.4 Å². The summed E-state index contributed by atoms with van der Waals surface area (Å²) >= 11 is 1.51. The fraction of sp³-hybridized carbons (Fsp3) is 0.458. The SMILES string of the molecule is Cc1nn(-c2ccccc2)c2sc(C(=O)N3CCN(CC(=O)N4CCCCC4)CC3)cc12. The molecule has 3 aromatic rings. The summed E-state index contributed by atoms with van der Waals surface area (Å²) in [6.07, 6.45) is 3.46. The van der Waals surface area contributed by atoms with Crippen molar-refractivity contribution in [2.24, 2.45) is 0 Å². The van der Waals surface area contributed by atoms with Gasteiger partial charge in [-0.2, -0.15) is 5.10 Å². The molecule has 4 heterocycles. The number of thiophene rings is 1. The van der Waals surface area contributed by atoms with Crippen LogP contribution >= 0.6 is 11.3 Å². The summed E-state index contributed by atoms with van der Waals surface area (Å²) in [6.45, 7) is 7.04. The van der Waals surface area contributed by atoms with E-state index in [9.17, 15) is 9.59 Å². The molecular weight excluding hydrogens is 422 g/mol. The number of rotatable bonds is 4. The minimum Gasteiger partial charge on any atom is -0.342 e. The van der Waals surface area contributed by atoms with Gasteiger partial charge in [0.25, 0.3) is 5.91 Å². The first kappa shape index (κ1) is 21.2. The van der Waals surface area contributed by atoms with Crippen LogP contribution < -0.4 is 0 Å². The summed E-state index contributed by atoms with van der Waals surface area (Å²) in [6, 6.07) is 12.0. The van der Waals surface area contributed by atoms with Gasteiger partial charge in [-0.3, -0.25) is 14.5 Å². The maximum absolute atomic E-state index is 13.2. The van der Waals surface area contributed by atoms with Crippen molar-refractivity contribution in [3.63, 3.8) is 0 Å². The van der Waals surface area contributed by atoms with Crippen LogP contribution in [-0.4, -0.2) is 82.1 Å². The topological polar surface area (TPSA) is 61.7 Å². The number of hydrogen-bond acceptors (Lipinski definition) is 5. The van der Waals surface area contributed by atoms with Crippen molar-refractivity contribution in [3.8, 4) is 5.69 Å². The Labute approximate surface area is 192 Å². The van der Waals surface area contributed by atoms with Crippen molar-refractivity contribution in [3.05, 3.63) is 47.0 Å². The van der Waals surface area contributed by atoms with E-state index in [1.165, 1.54) is 17.8 Å². The molecule has 2 aromatic heterocycles. The van der Waals surface area contributed by atoms with Crippen LogP contribution in [0.2, 0.25) is 0 Å². The molecule has 0 N–H and O–H groups in total. The number of para-hydroxylation sites is 1. The third-order valence-corrected chi connectivity index (χ3v) is 7.58. The van der Waals surface area contributed by atoms with E-state index in [1.807, 2.05) is 57.8 Å². The average Bonchev–Trinajstić information content (AvgIpc) is 3.41. The lowest BCUT2D eigenvalue weighted by Crippen LogP contribution is -2.51. The van der Waals surface area contributed by atoms with E-state index in [0.29, 0.717) is 19.6 Å². The smallest absolute Gasteiger partial charge is 0.264 e. The molecule has 2 saturated heterocycles. The molecule has 2 aliphatic heterocycles. The lowest BCUT2D eigenvalue weighted by molar-refractivity contribution is -0.133. The van der Waals surface area contributed by atoms with Crippen molar-refractivity contribution in [2.75, 3.05) is 45.8 Å². The Balaban J connectivity index is 1.24. The maximum Gasteiger partial charge on any atom is 0.264 e. The van der Waals surface area contributed by atoms with E-state index >= 15 is 0 Å². The van der Waals surface area contributed by atoms with Crippen LogP contribution in [0.4, 0.5) is 0 Å². The molecule has 0 atom stereocenters. The molecule has 0 bridgehead atoms. The number of aryl methyl sites for hydroxylation is 1. The van der Waals surface area contributed by atoms with Gasteiger partial charge in [0.15, 0.2) is 0 Å².